The number of alkyl halides is 1. The first-order valence-corrected chi connectivity index (χ1v) is 6.30. The van der Waals surface area contributed by atoms with Crippen LogP contribution in [0.4, 0.5) is 0 Å². The van der Waals surface area contributed by atoms with Crippen LogP contribution in [0.3, 0.4) is 0 Å². The van der Waals surface area contributed by atoms with Crippen molar-refractivity contribution >= 4 is 15.9 Å². The molecule has 0 N–H and O–H groups in total. The molecule has 0 fully saturated rings. The third kappa shape index (κ3) is 4.70. The molecule has 0 saturated carbocycles. The molecule has 0 aliphatic heterocycles. The molecule has 1 aromatic carbocycles. The van der Waals surface area contributed by atoms with Crippen molar-refractivity contribution in [3.63, 3.8) is 0 Å². The van der Waals surface area contributed by atoms with Crippen LogP contribution in [0.15, 0.2) is 24.3 Å². The van der Waals surface area contributed by atoms with Gasteiger partial charge in [0.1, 0.15) is 5.75 Å². The minimum Gasteiger partial charge on any atom is -0.497 e. The third-order valence-corrected chi connectivity index (χ3v) is 3.04. The number of benzene rings is 1. The van der Waals surface area contributed by atoms with E-state index < -0.39 is 0 Å². The monoisotopic (exact) mass is 270 g/mol. The molecule has 1 unspecified atom stereocenters. The molecule has 0 amide bonds. The van der Waals surface area contributed by atoms with Crippen LogP contribution in [0, 0.1) is 5.92 Å². The lowest BCUT2D eigenvalue weighted by atomic mass is 10.0. The van der Waals surface area contributed by atoms with Crippen molar-refractivity contribution < 1.29 is 4.74 Å². The van der Waals surface area contributed by atoms with E-state index >= 15 is 0 Å². The number of methoxy groups -OCH3 is 1. The highest BCUT2D eigenvalue weighted by atomic mass is 79.9. The van der Waals surface area contributed by atoms with Gasteiger partial charge in [0.05, 0.1) is 7.11 Å². The van der Waals surface area contributed by atoms with Crippen molar-refractivity contribution in [1.29, 1.82) is 0 Å². The Balaban J connectivity index is 2.49. The second kappa shape index (κ2) is 6.16. The molecule has 84 valence electrons. The second-order valence-corrected chi connectivity index (χ2v) is 5.57. The number of hydrogen-bond donors (Lipinski definition) is 0. The summed E-state index contributed by atoms with van der Waals surface area (Å²) in [6, 6.07) is 8.30. The SMILES string of the molecule is COc1ccc(CC(Br)CC(C)C)cc1. The maximum absolute atomic E-state index is 5.13. The van der Waals surface area contributed by atoms with Crippen molar-refractivity contribution in [1.82, 2.24) is 0 Å². The zero-order valence-corrected chi connectivity index (χ0v) is 11.3. The fourth-order valence-electron chi connectivity index (χ4n) is 1.61. The highest BCUT2D eigenvalue weighted by Crippen LogP contribution is 2.19. The van der Waals surface area contributed by atoms with E-state index in [1.165, 1.54) is 12.0 Å². The summed E-state index contributed by atoms with van der Waals surface area (Å²) < 4.78 is 5.13. The van der Waals surface area contributed by atoms with Gasteiger partial charge >= 0.3 is 0 Å². The summed E-state index contributed by atoms with van der Waals surface area (Å²) in [5, 5.41) is 0. The van der Waals surface area contributed by atoms with Crippen LogP contribution in [0.5, 0.6) is 5.75 Å². The molecule has 15 heavy (non-hydrogen) atoms. The molecule has 1 atom stereocenters. The van der Waals surface area contributed by atoms with Gasteiger partial charge in [-0.15, -0.1) is 0 Å². The van der Waals surface area contributed by atoms with Gasteiger partial charge in [-0.3, -0.25) is 0 Å². The van der Waals surface area contributed by atoms with Gasteiger partial charge in [-0.1, -0.05) is 41.9 Å². The Morgan fingerprint density at radius 3 is 2.27 bits per heavy atom. The van der Waals surface area contributed by atoms with Crippen LogP contribution in [0.2, 0.25) is 0 Å². The minimum absolute atomic E-state index is 0.575. The van der Waals surface area contributed by atoms with E-state index in [0.29, 0.717) is 4.83 Å². The average molecular weight is 271 g/mol. The van der Waals surface area contributed by atoms with Crippen molar-refractivity contribution in [2.45, 2.75) is 31.5 Å². The Labute approximate surface area is 101 Å². The van der Waals surface area contributed by atoms with E-state index in [1.807, 2.05) is 12.1 Å². The van der Waals surface area contributed by atoms with E-state index in [1.54, 1.807) is 7.11 Å². The first-order valence-electron chi connectivity index (χ1n) is 5.38. The number of halogens is 1. The molecule has 0 aromatic heterocycles. The van der Waals surface area contributed by atoms with Crippen LogP contribution < -0.4 is 4.74 Å². The maximum atomic E-state index is 5.13. The van der Waals surface area contributed by atoms with Gasteiger partial charge in [-0.2, -0.15) is 0 Å². The van der Waals surface area contributed by atoms with Gasteiger partial charge in [-0.25, -0.2) is 0 Å². The van der Waals surface area contributed by atoms with E-state index in [2.05, 4.69) is 41.9 Å². The summed E-state index contributed by atoms with van der Waals surface area (Å²) in [7, 11) is 1.70. The molecule has 1 aromatic rings. The lowest BCUT2D eigenvalue weighted by molar-refractivity contribution is 0.414. The van der Waals surface area contributed by atoms with Crippen LogP contribution in [-0.2, 0) is 6.42 Å². The molecule has 0 saturated heterocycles. The van der Waals surface area contributed by atoms with Crippen molar-refractivity contribution in [2.75, 3.05) is 7.11 Å². The Morgan fingerprint density at radius 2 is 1.80 bits per heavy atom. The molecule has 1 nitrogen and oxygen atoms in total. The first kappa shape index (κ1) is 12.6. The van der Waals surface area contributed by atoms with E-state index in [9.17, 15) is 0 Å². The molecule has 0 spiro atoms. The number of ether oxygens (including phenoxy) is 1. The molecule has 0 radical (unpaired) electrons. The fraction of sp³-hybridized carbons (Fsp3) is 0.538. The smallest absolute Gasteiger partial charge is 0.118 e. The highest BCUT2D eigenvalue weighted by Gasteiger charge is 2.07. The molecule has 0 aliphatic rings. The van der Waals surface area contributed by atoms with E-state index in [0.717, 1.165) is 18.1 Å². The zero-order valence-electron chi connectivity index (χ0n) is 9.66. The van der Waals surface area contributed by atoms with Gasteiger partial charge in [0, 0.05) is 4.83 Å². The van der Waals surface area contributed by atoms with Crippen LogP contribution >= 0.6 is 15.9 Å². The summed E-state index contributed by atoms with van der Waals surface area (Å²) >= 11 is 3.72. The van der Waals surface area contributed by atoms with Crippen LogP contribution in [0.25, 0.3) is 0 Å². The van der Waals surface area contributed by atoms with Crippen LogP contribution in [0.1, 0.15) is 25.8 Å². The fourth-order valence-corrected chi connectivity index (χ4v) is 2.73. The predicted molar refractivity (Wildman–Crippen MR) is 68.9 cm³/mol. The highest BCUT2D eigenvalue weighted by molar-refractivity contribution is 9.09. The van der Waals surface area contributed by atoms with E-state index in [4.69, 9.17) is 4.74 Å². The molecule has 2 heteroatoms. The second-order valence-electron chi connectivity index (χ2n) is 4.28. The Bertz CT molecular complexity index is 279. The molecular formula is C13H19BrO. The van der Waals surface area contributed by atoms with E-state index in [-0.39, 0.29) is 0 Å². The van der Waals surface area contributed by atoms with Gasteiger partial charge in [0.25, 0.3) is 0 Å². The van der Waals surface area contributed by atoms with Crippen molar-refractivity contribution in [3.05, 3.63) is 29.8 Å². The largest absolute Gasteiger partial charge is 0.497 e. The summed E-state index contributed by atoms with van der Waals surface area (Å²) in [5.41, 5.74) is 1.36. The van der Waals surface area contributed by atoms with Gasteiger partial charge < -0.3 is 4.74 Å². The number of hydrogen-bond acceptors (Lipinski definition) is 1. The summed E-state index contributed by atoms with van der Waals surface area (Å²) in [6.45, 7) is 4.50. The summed E-state index contributed by atoms with van der Waals surface area (Å²) in [4.78, 5) is 0.575. The Morgan fingerprint density at radius 1 is 1.20 bits per heavy atom. The first-order chi connectivity index (χ1) is 7.11. The average Bonchev–Trinajstić information content (AvgIpc) is 2.17. The van der Waals surface area contributed by atoms with Gasteiger partial charge in [-0.05, 0) is 36.5 Å². The molecular weight excluding hydrogens is 252 g/mol. The van der Waals surface area contributed by atoms with Gasteiger partial charge in [0.2, 0.25) is 0 Å². The molecule has 0 aliphatic carbocycles. The van der Waals surface area contributed by atoms with Gasteiger partial charge in [0.15, 0.2) is 0 Å². The quantitative estimate of drug-likeness (QED) is 0.734. The standard InChI is InChI=1S/C13H19BrO/c1-10(2)8-12(14)9-11-4-6-13(15-3)7-5-11/h4-7,10,12H,8-9H2,1-3H3. The van der Waals surface area contributed by atoms with Crippen molar-refractivity contribution in [3.8, 4) is 5.75 Å². The zero-order chi connectivity index (χ0) is 11.3. The summed E-state index contributed by atoms with van der Waals surface area (Å²) in [6.07, 6.45) is 2.30. The Hall–Kier alpha value is -0.500. The lowest BCUT2D eigenvalue weighted by Crippen LogP contribution is -2.06. The minimum atomic E-state index is 0.575. The number of rotatable bonds is 5. The van der Waals surface area contributed by atoms with Crippen molar-refractivity contribution in [2.24, 2.45) is 5.92 Å². The predicted octanol–water partition coefficient (Wildman–Crippen LogP) is 4.05. The topological polar surface area (TPSA) is 9.23 Å². The normalized spacial score (nSPS) is 12.9. The molecule has 0 heterocycles. The Kier molecular flexibility index (Phi) is 5.16. The molecule has 1 rings (SSSR count). The third-order valence-electron chi connectivity index (χ3n) is 2.34. The van der Waals surface area contributed by atoms with Crippen LogP contribution in [-0.4, -0.2) is 11.9 Å². The molecule has 0 bridgehead atoms. The lowest BCUT2D eigenvalue weighted by Gasteiger charge is -2.12. The maximum Gasteiger partial charge on any atom is 0.118 e. The summed E-state index contributed by atoms with van der Waals surface area (Å²) in [5.74, 6) is 1.67.